The molecule has 0 radical (unpaired) electrons. The average Bonchev–Trinajstić information content (AvgIpc) is 3.14. The number of hydrogen-bond acceptors (Lipinski definition) is 4. The number of nitrogens with zero attached hydrogens (tertiary/aromatic N) is 5. The molecule has 2 atom stereocenters. The van der Waals surface area contributed by atoms with Gasteiger partial charge in [-0.05, 0) is 22.2 Å². The van der Waals surface area contributed by atoms with Crippen molar-refractivity contribution in [3.63, 3.8) is 0 Å². The van der Waals surface area contributed by atoms with Crippen LogP contribution < -0.4 is 11.4 Å². The number of aromatic nitrogens is 3. The fourth-order valence-corrected chi connectivity index (χ4v) is 12.7. The molecule has 1 aromatic carbocycles. The molecular weight excluding hydrogens is 346 g/mol. The van der Waals surface area contributed by atoms with Crippen LogP contribution in [0.1, 0.15) is 53.1 Å². The van der Waals surface area contributed by atoms with Gasteiger partial charge >= 0.3 is 11.4 Å². The highest BCUT2D eigenvalue weighted by molar-refractivity contribution is 6.87. The van der Waals surface area contributed by atoms with Gasteiger partial charge in [0.15, 0.2) is 19.7 Å². The first-order chi connectivity index (χ1) is 12.0. The maximum Gasteiger partial charge on any atom is 0.353 e. The molecule has 0 saturated carbocycles. The highest BCUT2D eigenvalue weighted by Gasteiger charge is 2.72. The summed E-state index contributed by atoms with van der Waals surface area (Å²) in [5.74, 6) is -0.699. The van der Waals surface area contributed by atoms with Crippen molar-refractivity contribution in [2.24, 2.45) is 10.2 Å². The Morgan fingerprint density at radius 1 is 0.808 bits per heavy atom. The lowest BCUT2D eigenvalue weighted by atomic mass is 10.2. The number of rotatable bonds is 1. The molecule has 0 aliphatic carbocycles. The fraction of sp³-hybridized carbons (Fsp3) is 0.556. The summed E-state index contributed by atoms with van der Waals surface area (Å²) in [5, 5.41) is 8.88. The van der Waals surface area contributed by atoms with Crippen LogP contribution >= 0.6 is 0 Å². The molecular formula is C18H25N5O2Si. The van der Waals surface area contributed by atoms with E-state index in [1.807, 2.05) is 18.2 Å². The van der Waals surface area contributed by atoms with Gasteiger partial charge in [-0.25, -0.2) is 23.5 Å². The molecule has 2 bridgehead atoms. The van der Waals surface area contributed by atoms with E-state index in [-0.39, 0.29) is 33.0 Å². The van der Waals surface area contributed by atoms with Gasteiger partial charge in [0.05, 0.1) is 5.69 Å². The fourth-order valence-electron chi connectivity index (χ4n) is 5.31. The summed E-state index contributed by atoms with van der Waals surface area (Å²) >= 11 is 0. The van der Waals surface area contributed by atoms with E-state index in [2.05, 4.69) is 51.8 Å². The van der Waals surface area contributed by atoms with Crippen molar-refractivity contribution in [2.45, 2.75) is 63.2 Å². The SMILES string of the molecule is CC(C)(C)[Si]1(C(C)(C)C)C2N=NC1n1c(=O)n(-c3ccccc3)c(=O)n12. The molecule has 0 N–H and O–H groups in total. The highest BCUT2D eigenvalue weighted by Crippen LogP contribution is 2.65. The van der Waals surface area contributed by atoms with Crippen molar-refractivity contribution in [1.82, 2.24) is 13.9 Å². The molecule has 2 aliphatic rings. The van der Waals surface area contributed by atoms with Gasteiger partial charge in [0.25, 0.3) is 0 Å². The minimum Gasteiger partial charge on any atom is -0.245 e. The zero-order valence-corrected chi connectivity index (χ0v) is 17.1. The number of hydrogen-bond donors (Lipinski definition) is 0. The lowest BCUT2D eigenvalue weighted by Gasteiger charge is -2.49. The summed E-state index contributed by atoms with van der Waals surface area (Å²) < 4.78 is 4.39. The van der Waals surface area contributed by atoms with Crippen molar-refractivity contribution in [3.05, 3.63) is 51.3 Å². The smallest absolute Gasteiger partial charge is 0.245 e. The van der Waals surface area contributed by atoms with E-state index < -0.39 is 8.07 Å². The lowest BCUT2D eigenvalue weighted by molar-refractivity contribution is 0.413. The zero-order valence-electron chi connectivity index (χ0n) is 16.1. The Kier molecular flexibility index (Phi) is 3.27. The number of azo groups is 1. The van der Waals surface area contributed by atoms with Crippen LogP contribution in [0.3, 0.4) is 0 Å². The van der Waals surface area contributed by atoms with Crippen LogP contribution in [0.5, 0.6) is 0 Å². The van der Waals surface area contributed by atoms with Crippen molar-refractivity contribution in [3.8, 4) is 5.69 Å². The van der Waals surface area contributed by atoms with Gasteiger partial charge < -0.3 is 0 Å². The standard InChI is InChI=1S/C18H25N5O2Si/c1-17(2,3)26(18(4,5)6)13-19-20-14(26)23-16(25)21(15(24)22(13)23)12-10-8-7-9-11-12/h7-11,13-14H,1-6H3. The number of fused-ring (bicyclic) bond motifs is 5. The van der Waals surface area contributed by atoms with E-state index in [0.717, 1.165) is 0 Å². The monoisotopic (exact) mass is 371 g/mol. The van der Waals surface area contributed by atoms with Crippen LogP contribution in [0.4, 0.5) is 0 Å². The Morgan fingerprint density at radius 3 is 1.62 bits per heavy atom. The molecule has 1 aromatic heterocycles. The average molecular weight is 372 g/mol. The minimum atomic E-state index is -2.39. The Bertz CT molecular complexity index is 956. The third-order valence-corrected chi connectivity index (χ3v) is 13.4. The second-order valence-corrected chi connectivity index (χ2v) is 15.0. The van der Waals surface area contributed by atoms with Gasteiger partial charge in [0.2, 0.25) is 0 Å². The summed E-state index contributed by atoms with van der Waals surface area (Å²) in [6, 6.07) is 9.05. The van der Waals surface area contributed by atoms with E-state index in [1.54, 1.807) is 21.5 Å². The normalized spacial score (nSPS) is 23.5. The van der Waals surface area contributed by atoms with Crippen LogP contribution in [0.25, 0.3) is 5.69 Å². The van der Waals surface area contributed by atoms with Gasteiger partial charge in [-0.3, -0.25) is 0 Å². The Balaban J connectivity index is 2.02. The Labute approximate surface area is 153 Å². The molecule has 3 heterocycles. The Morgan fingerprint density at radius 2 is 1.23 bits per heavy atom. The van der Waals surface area contributed by atoms with E-state index in [1.165, 1.54) is 4.57 Å². The summed E-state index contributed by atoms with van der Waals surface area (Å²) in [6.07, 6.45) is 0. The molecule has 0 saturated heterocycles. The van der Waals surface area contributed by atoms with Crippen molar-refractivity contribution in [1.29, 1.82) is 0 Å². The van der Waals surface area contributed by atoms with Crippen LogP contribution in [0, 0.1) is 0 Å². The van der Waals surface area contributed by atoms with Gasteiger partial charge in [-0.15, -0.1) is 0 Å². The minimum absolute atomic E-state index is 0.0768. The first kappa shape index (κ1) is 17.2. The third-order valence-electron chi connectivity index (χ3n) is 6.07. The van der Waals surface area contributed by atoms with Crippen LogP contribution in [0.2, 0.25) is 10.1 Å². The van der Waals surface area contributed by atoms with Gasteiger partial charge in [0, 0.05) is 0 Å². The van der Waals surface area contributed by atoms with Crippen molar-refractivity contribution >= 4 is 8.07 Å². The molecule has 0 fully saturated rings. The lowest BCUT2D eigenvalue weighted by Crippen LogP contribution is -2.58. The van der Waals surface area contributed by atoms with Gasteiger partial charge in [-0.2, -0.15) is 10.2 Å². The first-order valence-electron chi connectivity index (χ1n) is 8.95. The zero-order chi connectivity index (χ0) is 19.1. The third kappa shape index (κ3) is 1.77. The second-order valence-electron chi connectivity index (χ2n) is 9.27. The van der Waals surface area contributed by atoms with Crippen LogP contribution in [0.15, 0.2) is 50.1 Å². The molecule has 138 valence electrons. The van der Waals surface area contributed by atoms with E-state index >= 15 is 0 Å². The maximum absolute atomic E-state index is 13.2. The molecule has 2 unspecified atom stereocenters. The summed E-state index contributed by atoms with van der Waals surface area (Å²) in [7, 11) is -2.39. The number of benzene rings is 1. The topological polar surface area (TPSA) is 73.7 Å². The Hall–Kier alpha value is -2.22. The van der Waals surface area contributed by atoms with E-state index in [9.17, 15) is 9.59 Å². The molecule has 4 rings (SSSR count). The molecule has 7 nitrogen and oxygen atoms in total. The highest BCUT2D eigenvalue weighted by atomic mass is 28.3. The number of para-hydroxylation sites is 1. The largest absolute Gasteiger partial charge is 0.353 e. The van der Waals surface area contributed by atoms with Crippen LogP contribution in [-0.2, 0) is 0 Å². The van der Waals surface area contributed by atoms with Crippen molar-refractivity contribution in [2.75, 3.05) is 0 Å². The maximum atomic E-state index is 13.2. The quantitative estimate of drug-likeness (QED) is 0.721. The van der Waals surface area contributed by atoms with Crippen molar-refractivity contribution < 1.29 is 0 Å². The molecule has 2 aromatic rings. The molecule has 0 amide bonds. The van der Waals surface area contributed by atoms with Crippen LogP contribution in [-0.4, -0.2) is 22.0 Å². The predicted octanol–water partition coefficient (Wildman–Crippen LogP) is 3.40. The summed E-state index contributed by atoms with van der Waals surface area (Å²) in [6.45, 7) is 13.2. The van der Waals surface area contributed by atoms with E-state index in [4.69, 9.17) is 0 Å². The molecule has 2 aliphatic heterocycles. The molecule has 8 heteroatoms. The van der Waals surface area contributed by atoms with E-state index in [0.29, 0.717) is 5.69 Å². The molecule has 26 heavy (non-hydrogen) atoms. The molecule has 0 spiro atoms. The first-order valence-corrected chi connectivity index (χ1v) is 11.1. The van der Waals surface area contributed by atoms with Gasteiger partial charge in [0.1, 0.15) is 0 Å². The van der Waals surface area contributed by atoms with Gasteiger partial charge in [-0.1, -0.05) is 59.7 Å². The summed E-state index contributed by atoms with van der Waals surface area (Å²) in [4.78, 5) is 26.5. The second kappa shape index (κ2) is 4.94. The predicted molar refractivity (Wildman–Crippen MR) is 102 cm³/mol. The summed E-state index contributed by atoms with van der Waals surface area (Å²) in [5.41, 5.74) is -0.0643.